The summed E-state index contributed by atoms with van der Waals surface area (Å²) in [7, 11) is 0. The lowest BCUT2D eigenvalue weighted by atomic mass is 10.2. The molecule has 0 aliphatic carbocycles. The Labute approximate surface area is 110 Å². The summed E-state index contributed by atoms with van der Waals surface area (Å²) in [5.41, 5.74) is 7.85. The van der Waals surface area contributed by atoms with Crippen molar-refractivity contribution in [3.8, 4) is 5.75 Å². The van der Waals surface area contributed by atoms with Gasteiger partial charge in [-0.1, -0.05) is 11.6 Å². The summed E-state index contributed by atoms with van der Waals surface area (Å²) in [6.07, 6.45) is -0.0955. The van der Waals surface area contributed by atoms with Crippen LogP contribution in [0.1, 0.15) is 17.2 Å². The van der Waals surface area contributed by atoms with E-state index in [4.69, 9.17) is 22.1 Å². The molecule has 1 aromatic heterocycles. The maximum atomic E-state index is 5.97. The molecular weight excluding hydrogens is 254 g/mol. The Hall–Kier alpha value is -1.03. The summed E-state index contributed by atoms with van der Waals surface area (Å²) >= 11 is 7.61. The molecule has 0 saturated carbocycles. The van der Waals surface area contributed by atoms with Crippen LogP contribution in [0.5, 0.6) is 5.75 Å². The topological polar surface area (TPSA) is 35.2 Å². The van der Waals surface area contributed by atoms with E-state index in [1.165, 1.54) is 0 Å². The number of nitrogens with two attached hydrogens (primary N) is 1. The maximum Gasteiger partial charge on any atom is 0.137 e. The fourth-order valence-corrected chi connectivity index (χ4v) is 2.38. The maximum absolute atomic E-state index is 5.97. The average Bonchev–Trinajstić information content (AvgIpc) is 2.84. The first-order valence-electron chi connectivity index (χ1n) is 5.35. The Bertz CT molecular complexity index is 484. The van der Waals surface area contributed by atoms with Crippen LogP contribution in [0.3, 0.4) is 0 Å². The van der Waals surface area contributed by atoms with Crippen molar-refractivity contribution in [2.75, 3.05) is 6.54 Å². The van der Waals surface area contributed by atoms with E-state index in [-0.39, 0.29) is 6.10 Å². The van der Waals surface area contributed by atoms with Crippen molar-refractivity contribution in [3.63, 3.8) is 0 Å². The SMILES string of the molecule is Cc1cc(OC(CN)c2ccsc2)ccc1Cl. The van der Waals surface area contributed by atoms with Crippen molar-refractivity contribution in [1.29, 1.82) is 0 Å². The lowest BCUT2D eigenvalue weighted by Gasteiger charge is -2.17. The minimum Gasteiger partial charge on any atom is -0.484 e. The third-order valence-corrected chi connectivity index (χ3v) is 3.66. The van der Waals surface area contributed by atoms with Gasteiger partial charge in [-0.05, 0) is 47.5 Å². The number of ether oxygens (including phenoxy) is 1. The summed E-state index contributed by atoms with van der Waals surface area (Å²) in [4.78, 5) is 0. The first-order valence-corrected chi connectivity index (χ1v) is 6.67. The van der Waals surface area contributed by atoms with Crippen molar-refractivity contribution in [1.82, 2.24) is 0 Å². The van der Waals surface area contributed by atoms with Gasteiger partial charge in [0.1, 0.15) is 11.9 Å². The van der Waals surface area contributed by atoms with Crippen molar-refractivity contribution in [2.45, 2.75) is 13.0 Å². The molecule has 1 aromatic carbocycles. The van der Waals surface area contributed by atoms with E-state index in [9.17, 15) is 0 Å². The van der Waals surface area contributed by atoms with Gasteiger partial charge in [0.05, 0.1) is 0 Å². The van der Waals surface area contributed by atoms with Crippen molar-refractivity contribution >= 4 is 22.9 Å². The van der Waals surface area contributed by atoms with Gasteiger partial charge in [-0.2, -0.15) is 11.3 Å². The molecule has 0 saturated heterocycles. The second-order valence-electron chi connectivity index (χ2n) is 3.81. The molecule has 2 nitrogen and oxygen atoms in total. The third kappa shape index (κ3) is 3.00. The van der Waals surface area contributed by atoms with E-state index >= 15 is 0 Å². The monoisotopic (exact) mass is 267 g/mol. The smallest absolute Gasteiger partial charge is 0.137 e. The summed E-state index contributed by atoms with van der Waals surface area (Å²) in [6.45, 7) is 2.41. The highest BCUT2D eigenvalue weighted by Gasteiger charge is 2.12. The normalized spacial score (nSPS) is 12.4. The molecule has 0 aliphatic heterocycles. The minimum atomic E-state index is -0.0955. The van der Waals surface area contributed by atoms with Gasteiger partial charge in [0.25, 0.3) is 0 Å². The zero-order valence-electron chi connectivity index (χ0n) is 9.52. The summed E-state index contributed by atoms with van der Waals surface area (Å²) in [5, 5.41) is 4.83. The number of thiophene rings is 1. The molecule has 1 unspecified atom stereocenters. The highest BCUT2D eigenvalue weighted by Crippen LogP contribution is 2.26. The van der Waals surface area contributed by atoms with Crippen LogP contribution < -0.4 is 10.5 Å². The molecule has 0 aliphatic rings. The molecule has 90 valence electrons. The van der Waals surface area contributed by atoms with Crippen LogP contribution in [0.4, 0.5) is 0 Å². The standard InChI is InChI=1S/C13H14ClNOS/c1-9-6-11(2-3-12(9)14)16-13(7-15)10-4-5-17-8-10/h2-6,8,13H,7,15H2,1H3. The highest BCUT2D eigenvalue weighted by atomic mass is 35.5. The quantitative estimate of drug-likeness (QED) is 0.915. The molecule has 0 bridgehead atoms. The van der Waals surface area contributed by atoms with Crippen LogP contribution in [0, 0.1) is 6.92 Å². The number of hydrogen-bond donors (Lipinski definition) is 1. The predicted octanol–water partition coefficient (Wildman–Crippen LogP) is 3.79. The first kappa shape index (κ1) is 12.4. The molecule has 0 spiro atoms. The van der Waals surface area contributed by atoms with Crippen molar-refractivity contribution in [2.24, 2.45) is 5.73 Å². The lowest BCUT2D eigenvalue weighted by molar-refractivity contribution is 0.214. The largest absolute Gasteiger partial charge is 0.484 e. The van der Waals surface area contributed by atoms with E-state index < -0.39 is 0 Å². The summed E-state index contributed by atoms with van der Waals surface area (Å²) in [5.74, 6) is 0.800. The molecule has 2 aromatic rings. The Morgan fingerprint density at radius 2 is 2.24 bits per heavy atom. The molecule has 17 heavy (non-hydrogen) atoms. The second-order valence-corrected chi connectivity index (χ2v) is 5.00. The summed E-state index contributed by atoms with van der Waals surface area (Å²) in [6, 6.07) is 7.67. The van der Waals surface area contributed by atoms with Crippen LogP contribution >= 0.6 is 22.9 Å². The number of benzene rings is 1. The van der Waals surface area contributed by atoms with E-state index in [1.54, 1.807) is 11.3 Å². The van der Waals surface area contributed by atoms with Crippen molar-refractivity contribution < 1.29 is 4.74 Å². The molecule has 2 rings (SSSR count). The Morgan fingerprint density at radius 3 is 2.82 bits per heavy atom. The van der Waals surface area contributed by atoms with E-state index in [0.29, 0.717) is 6.54 Å². The van der Waals surface area contributed by atoms with Gasteiger partial charge in [-0.25, -0.2) is 0 Å². The van der Waals surface area contributed by atoms with Gasteiger partial charge in [0.15, 0.2) is 0 Å². The molecule has 0 fully saturated rings. The zero-order chi connectivity index (χ0) is 12.3. The molecule has 1 heterocycles. The van der Waals surface area contributed by atoms with Gasteiger partial charge in [-0.15, -0.1) is 0 Å². The zero-order valence-corrected chi connectivity index (χ0v) is 11.1. The van der Waals surface area contributed by atoms with Gasteiger partial charge in [0.2, 0.25) is 0 Å². The van der Waals surface area contributed by atoms with E-state index in [1.807, 2.05) is 36.6 Å². The Balaban J connectivity index is 2.16. The van der Waals surface area contributed by atoms with Gasteiger partial charge >= 0.3 is 0 Å². The van der Waals surface area contributed by atoms with E-state index in [2.05, 4.69) is 5.38 Å². The first-order chi connectivity index (χ1) is 8.20. The fraction of sp³-hybridized carbons (Fsp3) is 0.231. The average molecular weight is 268 g/mol. The van der Waals surface area contributed by atoms with Crippen LogP contribution in [-0.4, -0.2) is 6.54 Å². The Morgan fingerprint density at radius 1 is 1.41 bits per heavy atom. The van der Waals surface area contributed by atoms with Crippen LogP contribution in [0.2, 0.25) is 5.02 Å². The molecule has 1 atom stereocenters. The number of halogens is 1. The molecule has 2 N–H and O–H groups in total. The molecule has 0 radical (unpaired) electrons. The van der Waals surface area contributed by atoms with Crippen LogP contribution in [0.15, 0.2) is 35.0 Å². The van der Waals surface area contributed by atoms with Gasteiger partial charge in [0, 0.05) is 17.1 Å². The van der Waals surface area contributed by atoms with Gasteiger partial charge in [-0.3, -0.25) is 0 Å². The highest BCUT2D eigenvalue weighted by molar-refractivity contribution is 7.07. The van der Waals surface area contributed by atoms with Crippen LogP contribution in [0.25, 0.3) is 0 Å². The molecule has 0 amide bonds. The van der Waals surface area contributed by atoms with Crippen LogP contribution in [-0.2, 0) is 0 Å². The number of hydrogen-bond acceptors (Lipinski definition) is 3. The third-order valence-electron chi connectivity index (χ3n) is 2.54. The Kier molecular flexibility index (Phi) is 4.05. The molecular formula is C13H14ClNOS. The second kappa shape index (κ2) is 5.54. The fourth-order valence-electron chi connectivity index (χ4n) is 1.57. The number of rotatable bonds is 4. The predicted molar refractivity (Wildman–Crippen MR) is 72.9 cm³/mol. The molecule has 4 heteroatoms. The number of aryl methyl sites for hydroxylation is 1. The summed E-state index contributed by atoms with van der Waals surface area (Å²) < 4.78 is 5.87. The lowest BCUT2D eigenvalue weighted by Crippen LogP contribution is -2.17. The van der Waals surface area contributed by atoms with E-state index in [0.717, 1.165) is 21.9 Å². The minimum absolute atomic E-state index is 0.0955. The van der Waals surface area contributed by atoms with Crippen molar-refractivity contribution in [3.05, 3.63) is 51.2 Å². The van der Waals surface area contributed by atoms with Gasteiger partial charge < -0.3 is 10.5 Å².